The van der Waals surface area contributed by atoms with Crippen LogP contribution in [0.15, 0.2) is 18.2 Å². The van der Waals surface area contributed by atoms with Crippen LogP contribution >= 0.6 is 0 Å². The number of hydrogen-bond donors (Lipinski definition) is 4. The minimum absolute atomic E-state index is 0.0303. The monoisotopic (exact) mass is 319 g/mol. The number of carbonyl (C=O) groups is 2. The first kappa shape index (κ1) is 17.5. The number of hydrogen-bond acceptors (Lipinski definition) is 4. The van der Waals surface area contributed by atoms with E-state index in [1.807, 2.05) is 18.2 Å². The topological polar surface area (TPSA) is 107 Å². The lowest BCUT2D eigenvalue weighted by molar-refractivity contribution is -0.140. The Labute approximate surface area is 135 Å². The van der Waals surface area contributed by atoms with Gasteiger partial charge in [-0.05, 0) is 41.8 Å². The van der Waals surface area contributed by atoms with Gasteiger partial charge in [0.05, 0.1) is 5.92 Å². The molecule has 1 aliphatic carbocycles. The van der Waals surface area contributed by atoms with Crippen molar-refractivity contribution in [2.45, 2.75) is 45.0 Å². The van der Waals surface area contributed by atoms with E-state index in [1.165, 1.54) is 6.92 Å². The zero-order valence-corrected chi connectivity index (χ0v) is 13.2. The molecule has 7 heteroatoms. The van der Waals surface area contributed by atoms with Crippen molar-refractivity contribution in [1.29, 1.82) is 0 Å². The molecule has 2 atom stereocenters. The Morgan fingerprint density at radius 2 is 2.09 bits per heavy atom. The standard InChI is InChI=1S/C16H22BNO5/c1-10(19)18-9-11-4-5-12-8-13(3-2-6-17(22)23)15(16(20)21)14(12)7-11/h4-5,7,13,15,22-23H,2-3,6,8-9H2,1H3,(H,18,19)(H,20,21). The summed E-state index contributed by atoms with van der Waals surface area (Å²) in [5.74, 6) is -1.58. The van der Waals surface area contributed by atoms with Crippen LogP contribution in [0.1, 0.15) is 42.4 Å². The van der Waals surface area contributed by atoms with Gasteiger partial charge in [0.25, 0.3) is 0 Å². The number of carboxylic acids is 1. The normalized spacial score (nSPS) is 19.3. The van der Waals surface area contributed by atoms with E-state index in [2.05, 4.69) is 5.32 Å². The first-order valence-corrected chi connectivity index (χ1v) is 7.83. The Balaban J connectivity index is 2.12. The summed E-state index contributed by atoms with van der Waals surface area (Å²) in [6.45, 7) is 1.83. The van der Waals surface area contributed by atoms with Crippen molar-refractivity contribution in [3.05, 3.63) is 34.9 Å². The van der Waals surface area contributed by atoms with Gasteiger partial charge in [-0.25, -0.2) is 0 Å². The maximum Gasteiger partial charge on any atom is 0.451 e. The van der Waals surface area contributed by atoms with E-state index in [9.17, 15) is 14.7 Å². The van der Waals surface area contributed by atoms with Crippen molar-refractivity contribution in [3.63, 3.8) is 0 Å². The molecule has 4 N–H and O–H groups in total. The van der Waals surface area contributed by atoms with E-state index in [-0.39, 0.29) is 18.1 Å². The van der Waals surface area contributed by atoms with Crippen molar-refractivity contribution in [3.8, 4) is 0 Å². The van der Waals surface area contributed by atoms with Crippen molar-refractivity contribution >= 4 is 19.0 Å². The van der Waals surface area contributed by atoms with Gasteiger partial charge in [-0.1, -0.05) is 24.6 Å². The van der Waals surface area contributed by atoms with Crippen LogP contribution in [0.5, 0.6) is 0 Å². The lowest BCUT2D eigenvalue weighted by atomic mass is 9.80. The highest BCUT2D eigenvalue weighted by Crippen LogP contribution is 2.41. The summed E-state index contributed by atoms with van der Waals surface area (Å²) in [5, 5.41) is 30.1. The fraction of sp³-hybridized carbons (Fsp3) is 0.500. The molecule has 0 bridgehead atoms. The van der Waals surface area contributed by atoms with Crippen molar-refractivity contribution in [2.75, 3.05) is 0 Å². The first-order chi connectivity index (χ1) is 10.9. The molecule has 1 aromatic carbocycles. The molecule has 0 heterocycles. The summed E-state index contributed by atoms with van der Waals surface area (Å²) in [4.78, 5) is 22.7. The maximum absolute atomic E-state index is 11.7. The van der Waals surface area contributed by atoms with Crippen molar-refractivity contribution in [1.82, 2.24) is 5.32 Å². The quantitative estimate of drug-likeness (QED) is 0.559. The molecule has 124 valence electrons. The molecule has 2 rings (SSSR count). The number of carboxylic acid groups (broad SMARTS) is 1. The summed E-state index contributed by atoms with van der Waals surface area (Å²) in [6.07, 6.45) is 2.17. The molecular formula is C16H22BNO5. The predicted molar refractivity (Wildman–Crippen MR) is 85.8 cm³/mol. The van der Waals surface area contributed by atoms with Gasteiger partial charge in [0.15, 0.2) is 0 Å². The largest absolute Gasteiger partial charge is 0.481 e. The van der Waals surface area contributed by atoms with Crippen LogP contribution < -0.4 is 5.32 Å². The molecule has 0 spiro atoms. The Morgan fingerprint density at radius 1 is 1.35 bits per heavy atom. The molecule has 1 aromatic rings. The highest BCUT2D eigenvalue weighted by molar-refractivity contribution is 6.40. The Hall–Kier alpha value is -1.86. The third-order valence-corrected chi connectivity index (χ3v) is 4.34. The van der Waals surface area contributed by atoms with E-state index in [4.69, 9.17) is 10.0 Å². The molecule has 0 saturated heterocycles. The van der Waals surface area contributed by atoms with Gasteiger partial charge in [0, 0.05) is 13.5 Å². The number of rotatable bonds is 7. The molecule has 0 radical (unpaired) electrons. The van der Waals surface area contributed by atoms with E-state index in [0.29, 0.717) is 25.8 Å². The highest BCUT2D eigenvalue weighted by atomic mass is 16.4. The Morgan fingerprint density at radius 3 is 2.70 bits per heavy atom. The molecule has 0 aliphatic heterocycles. The fourth-order valence-corrected chi connectivity index (χ4v) is 3.28. The minimum atomic E-state index is -1.34. The maximum atomic E-state index is 11.7. The predicted octanol–water partition coefficient (Wildman–Crippen LogP) is 0.916. The Kier molecular flexibility index (Phi) is 5.79. The van der Waals surface area contributed by atoms with Gasteiger partial charge in [-0.3, -0.25) is 9.59 Å². The van der Waals surface area contributed by atoms with E-state index >= 15 is 0 Å². The summed E-state index contributed by atoms with van der Waals surface area (Å²) >= 11 is 0. The second-order valence-corrected chi connectivity index (χ2v) is 6.13. The van der Waals surface area contributed by atoms with Gasteiger partial charge in [-0.15, -0.1) is 0 Å². The van der Waals surface area contributed by atoms with Gasteiger partial charge in [0.2, 0.25) is 5.91 Å². The smallest absolute Gasteiger partial charge is 0.451 e. The molecular weight excluding hydrogens is 297 g/mol. The van der Waals surface area contributed by atoms with Crippen LogP contribution in [0, 0.1) is 5.92 Å². The van der Waals surface area contributed by atoms with Gasteiger partial charge in [-0.2, -0.15) is 0 Å². The molecule has 0 fully saturated rings. The van der Waals surface area contributed by atoms with Gasteiger partial charge in [0.1, 0.15) is 0 Å². The second kappa shape index (κ2) is 7.61. The minimum Gasteiger partial charge on any atom is -0.481 e. The van der Waals surface area contributed by atoms with Gasteiger partial charge < -0.3 is 20.5 Å². The van der Waals surface area contributed by atoms with Gasteiger partial charge >= 0.3 is 13.1 Å². The summed E-state index contributed by atoms with van der Waals surface area (Å²) in [7, 11) is -1.34. The number of carbonyl (C=O) groups excluding carboxylic acids is 1. The number of fused-ring (bicyclic) bond motifs is 1. The van der Waals surface area contributed by atoms with Crippen LogP contribution in [-0.4, -0.2) is 34.1 Å². The molecule has 0 saturated carbocycles. The molecule has 0 aromatic heterocycles. The molecule has 2 unspecified atom stereocenters. The van der Waals surface area contributed by atoms with Crippen molar-refractivity contribution in [2.24, 2.45) is 5.92 Å². The SMILES string of the molecule is CC(=O)NCc1ccc2c(c1)C(C(=O)O)C(CCCB(O)O)C2. The van der Waals surface area contributed by atoms with Crippen LogP contribution in [0.4, 0.5) is 0 Å². The van der Waals surface area contributed by atoms with Crippen molar-refractivity contribution < 1.29 is 24.7 Å². The third-order valence-electron chi connectivity index (χ3n) is 4.34. The average Bonchev–Trinajstić information content (AvgIpc) is 2.82. The zero-order chi connectivity index (χ0) is 17.0. The first-order valence-electron chi connectivity index (χ1n) is 7.83. The summed E-state index contributed by atoms with van der Waals surface area (Å²) in [6, 6.07) is 5.71. The Bertz CT molecular complexity index is 590. The lowest BCUT2D eigenvalue weighted by Crippen LogP contribution is -2.20. The number of amides is 1. The van der Waals surface area contributed by atoms with Crippen LogP contribution in [0.25, 0.3) is 0 Å². The van der Waals surface area contributed by atoms with E-state index in [1.54, 1.807) is 0 Å². The summed E-state index contributed by atoms with van der Waals surface area (Å²) < 4.78 is 0. The highest BCUT2D eigenvalue weighted by Gasteiger charge is 2.37. The van der Waals surface area contributed by atoms with E-state index < -0.39 is 19.0 Å². The number of aliphatic carboxylic acids is 1. The van der Waals surface area contributed by atoms with E-state index in [0.717, 1.165) is 16.7 Å². The molecule has 1 aliphatic rings. The number of benzene rings is 1. The average molecular weight is 319 g/mol. The lowest BCUT2D eigenvalue weighted by Gasteiger charge is -2.16. The fourth-order valence-electron chi connectivity index (χ4n) is 3.28. The third kappa shape index (κ3) is 4.56. The zero-order valence-electron chi connectivity index (χ0n) is 13.2. The number of nitrogens with one attached hydrogen (secondary N) is 1. The van der Waals surface area contributed by atoms with Crippen LogP contribution in [0.3, 0.4) is 0 Å². The van der Waals surface area contributed by atoms with Crippen LogP contribution in [0.2, 0.25) is 6.32 Å². The molecule has 6 nitrogen and oxygen atoms in total. The second-order valence-electron chi connectivity index (χ2n) is 6.13. The molecule has 23 heavy (non-hydrogen) atoms. The summed E-state index contributed by atoms with van der Waals surface area (Å²) in [5.41, 5.74) is 2.73. The molecule has 1 amide bonds. The van der Waals surface area contributed by atoms with Crippen LogP contribution in [-0.2, 0) is 22.6 Å².